The fraction of sp³-hybridized carbons (Fsp3) is 0.188. The number of alkyl halides is 3. The van der Waals surface area contributed by atoms with Crippen molar-refractivity contribution in [1.29, 1.82) is 0 Å². The zero-order valence-electron chi connectivity index (χ0n) is 13.9. The third-order valence-electron chi connectivity index (χ3n) is 3.69. The first-order valence-corrected chi connectivity index (χ1v) is 9.18. The number of carbonyl (C=O) groups is 2. The maximum atomic E-state index is 12.5. The predicted molar refractivity (Wildman–Crippen MR) is 88.1 cm³/mol. The van der Waals surface area contributed by atoms with Gasteiger partial charge >= 0.3 is 6.18 Å². The number of hydrogen-bond donors (Lipinski definition) is 2. The molecule has 0 saturated carbocycles. The van der Waals surface area contributed by atoms with Gasteiger partial charge in [0, 0.05) is 18.3 Å². The smallest absolute Gasteiger partial charge is 0.422 e. The highest BCUT2D eigenvalue weighted by atomic mass is 32.2. The highest BCUT2D eigenvalue weighted by Crippen LogP contribution is 2.22. The summed E-state index contributed by atoms with van der Waals surface area (Å²) in [7, 11) is -4.13. The summed E-state index contributed by atoms with van der Waals surface area (Å²) >= 11 is 0. The Bertz CT molecular complexity index is 1050. The van der Waals surface area contributed by atoms with Crippen LogP contribution in [-0.2, 0) is 16.6 Å². The van der Waals surface area contributed by atoms with Gasteiger partial charge < -0.3 is 4.74 Å². The van der Waals surface area contributed by atoms with Crippen LogP contribution in [0.15, 0.2) is 41.4 Å². The normalized spacial score (nSPS) is 14.0. The van der Waals surface area contributed by atoms with Crippen LogP contribution < -0.4 is 14.8 Å². The molecule has 2 N–H and O–H groups in total. The van der Waals surface area contributed by atoms with Crippen LogP contribution >= 0.6 is 0 Å². The molecule has 0 radical (unpaired) electrons. The Morgan fingerprint density at radius 2 is 1.82 bits per heavy atom. The van der Waals surface area contributed by atoms with Crippen LogP contribution in [0.25, 0.3) is 0 Å². The van der Waals surface area contributed by atoms with Crippen molar-refractivity contribution in [2.45, 2.75) is 17.6 Å². The SMILES string of the molecule is O=C1NC(=O)c2cc(S(=O)(=O)NCc3cccnc3OCC(F)(F)F)ccc21. The van der Waals surface area contributed by atoms with E-state index in [9.17, 15) is 31.2 Å². The number of sulfonamides is 1. The number of aromatic nitrogens is 1. The van der Waals surface area contributed by atoms with Gasteiger partial charge in [-0.2, -0.15) is 13.2 Å². The van der Waals surface area contributed by atoms with E-state index in [0.29, 0.717) is 0 Å². The maximum Gasteiger partial charge on any atom is 0.422 e. The number of pyridine rings is 1. The number of rotatable bonds is 6. The average molecular weight is 415 g/mol. The van der Waals surface area contributed by atoms with Crippen molar-refractivity contribution in [3.63, 3.8) is 0 Å². The van der Waals surface area contributed by atoms with E-state index in [0.717, 1.165) is 12.1 Å². The lowest BCUT2D eigenvalue weighted by molar-refractivity contribution is -0.154. The van der Waals surface area contributed by atoms with Crippen molar-refractivity contribution in [2.75, 3.05) is 6.61 Å². The monoisotopic (exact) mass is 415 g/mol. The van der Waals surface area contributed by atoms with Crippen LogP contribution in [0.2, 0.25) is 0 Å². The van der Waals surface area contributed by atoms with Crippen molar-refractivity contribution >= 4 is 21.8 Å². The van der Waals surface area contributed by atoms with E-state index >= 15 is 0 Å². The zero-order chi connectivity index (χ0) is 20.5. The third-order valence-corrected chi connectivity index (χ3v) is 5.09. The van der Waals surface area contributed by atoms with E-state index in [1.807, 2.05) is 5.32 Å². The second kappa shape index (κ2) is 7.20. The second-order valence-electron chi connectivity index (χ2n) is 5.69. The zero-order valence-corrected chi connectivity index (χ0v) is 14.7. The Hall–Kier alpha value is -2.99. The number of benzene rings is 1. The van der Waals surface area contributed by atoms with Gasteiger partial charge in [0.2, 0.25) is 15.9 Å². The van der Waals surface area contributed by atoms with Crippen molar-refractivity contribution in [3.8, 4) is 5.88 Å². The lowest BCUT2D eigenvalue weighted by Crippen LogP contribution is -2.25. The first-order chi connectivity index (χ1) is 13.1. The minimum absolute atomic E-state index is 0.0547. The Morgan fingerprint density at radius 1 is 1.11 bits per heavy atom. The molecular formula is C16H12F3N3O5S. The van der Waals surface area contributed by atoms with E-state index < -0.39 is 41.2 Å². The van der Waals surface area contributed by atoms with E-state index in [1.54, 1.807) is 0 Å². The minimum atomic E-state index is -4.57. The number of amides is 2. The van der Waals surface area contributed by atoms with Crippen LogP contribution in [-0.4, -0.2) is 38.0 Å². The molecule has 148 valence electrons. The number of nitrogens with one attached hydrogen (secondary N) is 2. The molecule has 2 heterocycles. The van der Waals surface area contributed by atoms with Crippen LogP contribution in [0.4, 0.5) is 13.2 Å². The van der Waals surface area contributed by atoms with Gasteiger partial charge in [-0.15, -0.1) is 0 Å². The minimum Gasteiger partial charge on any atom is -0.468 e. The quantitative estimate of drug-likeness (QED) is 0.689. The fourth-order valence-corrected chi connectivity index (χ4v) is 3.44. The predicted octanol–water partition coefficient (Wildman–Crippen LogP) is 1.38. The third kappa shape index (κ3) is 4.28. The Balaban J connectivity index is 1.77. The average Bonchev–Trinajstić information content (AvgIpc) is 2.92. The summed E-state index contributed by atoms with van der Waals surface area (Å²) in [5.41, 5.74) is 0.0619. The van der Waals surface area contributed by atoms with Gasteiger partial charge in [0.25, 0.3) is 11.8 Å². The van der Waals surface area contributed by atoms with Gasteiger partial charge in [0.15, 0.2) is 6.61 Å². The molecule has 0 spiro atoms. The summed E-state index contributed by atoms with van der Waals surface area (Å²) in [6.07, 6.45) is -3.36. The first-order valence-electron chi connectivity index (χ1n) is 7.70. The molecule has 1 aliphatic heterocycles. The molecule has 1 aliphatic rings. The molecule has 2 aromatic rings. The summed E-state index contributed by atoms with van der Waals surface area (Å²) in [5.74, 6) is -1.70. The molecule has 0 fully saturated rings. The number of imide groups is 1. The first kappa shape index (κ1) is 19.8. The Kier molecular flexibility index (Phi) is 5.08. The van der Waals surface area contributed by atoms with E-state index in [1.165, 1.54) is 24.4 Å². The molecule has 0 saturated heterocycles. The molecule has 0 aliphatic carbocycles. The van der Waals surface area contributed by atoms with Crippen LogP contribution in [0.1, 0.15) is 26.3 Å². The number of carbonyl (C=O) groups excluding carboxylic acids is 2. The van der Waals surface area contributed by atoms with Crippen molar-refractivity contribution in [3.05, 3.63) is 53.2 Å². The Morgan fingerprint density at radius 3 is 2.54 bits per heavy atom. The molecule has 0 atom stereocenters. The van der Waals surface area contributed by atoms with E-state index in [-0.39, 0.29) is 27.5 Å². The lowest BCUT2D eigenvalue weighted by Gasteiger charge is -2.13. The molecule has 1 aromatic carbocycles. The summed E-state index contributed by atoms with van der Waals surface area (Å²) in [6.45, 7) is -1.97. The van der Waals surface area contributed by atoms with Crippen molar-refractivity contribution in [1.82, 2.24) is 15.0 Å². The molecule has 8 nitrogen and oxygen atoms in total. The molecule has 12 heteroatoms. The molecule has 0 bridgehead atoms. The van der Waals surface area contributed by atoms with Crippen molar-refractivity contribution in [2.24, 2.45) is 0 Å². The van der Waals surface area contributed by atoms with Crippen LogP contribution in [0.5, 0.6) is 5.88 Å². The largest absolute Gasteiger partial charge is 0.468 e. The van der Waals surface area contributed by atoms with Gasteiger partial charge in [-0.25, -0.2) is 18.1 Å². The molecule has 28 heavy (non-hydrogen) atoms. The second-order valence-corrected chi connectivity index (χ2v) is 7.45. The standard InChI is InChI=1S/C16H12F3N3O5S/c17-16(18,19)8-27-15-9(2-1-5-20-15)7-21-28(25,26)10-3-4-11-12(6-10)14(24)22-13(11)23/h1-6,21H,7-8H2,(H,22,23,24). The fourth-order valence-electron chi connectivity index (χ4n) is 2.41. The molecule has 2 amide bonds. The summed E-state index contributed by atoms with van der Waals surface area (Å²) in [5, 5.41) is 2.04. The van der Waals surface area contributed by atoms with E-state index in [4.69, 9.17) is 0 Å². The molecule has 0 unspecified atom stereocenters. The highest BCUT2D eigenvalue weighted by molar-refractivity contribution is 7.89. The summed E-state index contributed by atoms with van der Waals surface area (Å²) in [6, 6.07) is 6.16. The van der Waals surface area contributed by atoms with Gasteiger partial charge in [-0.3, -0.25) is 14.9 Å². The summed E-state index contributed by atoms with van der Waals surface area (Å²) < 4.78 is 68.7. The summed E-state index contributed by atoms with van der Waals surface area (Å²) in [4.78, 5) is 26.6. The van der Waals surface area contributed by atoms with Crippen molar-refractivity contribution < 1.29 is 35.9 Å². The van der Waals surface area contributed by atoms with Gasteiger partial charge in [0.05, 0.1) is 16.0 Å². The number of fused-ring (bicyclic) bond motifs is 1. The van der Waals surface area contributed by atoms with Crippen LogP contribution in [0, 0.1) is 0 Å². The number of halogens is 3. The topological polar surface area (TPSA) is 114 Å². The number of nitrogens with zero attached hydrogens (tertiary/aromatic N) is 1. The molecular weight excluding hydrogens is 403 g/mol. The number of hydrogen-bond acceptors (Lipinski definition) is 6. The number of ether oxygens (including phenoxy) is 1. The van der Waals surface area contributed by atoms with Gasteiger partial charge in [-0.05, 0) is 24.3 Å². The Labute approximate surface area is 156 Å². The lowest BCUT2D eigenvalue weighted by atomic mass is 10.1. The van der Waals surface area contributed by atoms with Gasteiger partial charge in [0.1, 0.15) is 0 Å². The van der Waals surface area contributed by atoms with Crippen LogP contribution in [0.3, 0.4) is 0 Å². The van der Waals surface area contributed by atoms with E-state index in [2.05, 4.69) is 14.4 Å². The molecule has 1 aromatic heterocycles. The molecule has 3 rings (SSSR count). The highest BCUT2D eigenvalue weighted by Gasteiger charge is 2.30. The maximum absolute atomic E-state index is 12.5. The van der Waals surface area contributed by atoms with Gasteiger partial charge in [-0.1, -0.05) is 6.07 Å².